The summed E-state index contributed by atoms with van der Waals surface area (Å²) in [5.74, 6) is -2.28. The van der Waals surface area contributed by atoms with Gasteiger partial charge in [0.1, 0.15) is 24.4 Å². The minimum atomic E-state index is -1.71. The first-order valence-electron chi connectivity index (χ1n) is 5.04. The van der Waals surface area contributed by atoms with Gasteiger partial charge in [-0.1, -0.05) is 0 Å². The van der Waals surface area contributed by atoms with E-state index >= 15 is 0 Å². The zero-order valence-electron chi connectivity index (χ0n) is 9.98. The molecule has 0 radical (unpaired) electrons. The SMILES string of the molecule is CC1(C)C[N+](C=C(C#N)C(=O)[O-])(C(=N)N)C(=O)N1. The second-order valence-electron chi connectivity index (χ2n) is 4.67. The number of guanidine groups is 1. The number of urea groups is 1. The van der Waals surface area contributed by atoms with Gasteiger partial charge in [0.2, 0.25) is 0 Å². The Kier molecular flexibility index (Phi) is 3.13. The van der Waals surface area contributed by atoms with Crippen LogP contribution in [-0.4, -0.2) is 34.5 Å². The Bertz CT molecular complexity index is 502. The van der Waals surface area contributed by atoms with Gasteiger partial charge in [0, 0.05) is 0 Å². The first-order valence-corrected chi connectivity index (χ1v) is 5.04. The van der Waals surface area contributed by atoms with Gasteiger partial charge >= 0.3 is 12.0 Å². The standard InChI is InChI=1S/C10H13N5O3/c1-10(2)5-15(8(12)13,9(18)14-10)4-6(3-11)7(16)17/h4H,5H2,1-2H3,(H4-,12,13,14,16,17,18). The number of nitrogens with two attached hydrogens (primary N) is 1. The number of hydrogen-bond acceptors (Lipinski definition) is 5. The molecule has 18 heavy (non-hydrogen) atoms. The Morgan fingerprint density at radius 2 is 2.28 bits per heavy atom. The van der Waals surface area contributed by atoms with Crippen LogP contribution in [0.4, 0.5) is 4.79 Å². The molecule has 8 nitrogen and oxygen atoms in total. The number of rotatable bonds is 2. The van der Waals surface area contributed by atoms with Crippen LogP contribution in [0.5, 0.6) is 0 Å². The van der Waals surface area contributed by atoms with Crippen LogP contribution in [0.3, 0.4) is 0 Å². The van der Waals surface area contributed by atoms with E-state index in [2.05, 4.69) is 5.32 Å². The van der Waals surface area contributed by atoms with Crippen molar-refractivity contribution in [1.29, 1.82) is 10.7 Å². The van der Waals surface area contributed by atoms with Crippen molar-refractivity contribution >= 4 is 18.0 Å². The van der Waals surface area contributed by atoms with Crippen molar-refractivity contribution in [3.63, 3.8) is 0 Å². The first kappa shape index (κ1) is 13.7. The van der Waals surface area contributed by atoms with Crippen molar-refractivity contribution < 1.29 is 19.2 Å². The van der Waals surface area contributed by atoms with Crippen molar-refractivity contribution in [1.82, 2.24) is 5.32 Å². The van der Waals surface area contributed by atoms with Gasteiger partial charge in [-0.2, -0.15) is 5.26 Å². The van der Waals surface area contributed by atoms with Crippen molar-refractivity contribution in [2.75, 3.05) is 6.54 Å². The monoisotopic (exact) mass is 251 g/mol. The molecule has 4 N–H and O–H groups in total. The second kappa shape index (κ2) is 4.12. The minimum Gasteiger partial charge on any atom is -0.544 e. The lowest BCUT2D eigenvalue weighted by Crippen LogP contribution is -2.55. The van der Waals surface area contributed by atoms with E-state index in [1.807, 2.05) is 0 Å². The summed E-state index contributed by atoms with van der Waals surface area (Å²) in [5.41, 5.74) is 3.98. The molecular formula is C10H13N5O3. The normalized spacial score (nSPS) is 26.3. The summed E-state index contributed by atoms with van der Waals surface area (Å²) < 4.78 is -0.843. The summed E-state index contributed by atoms with van der Waals surface area (Å²) in [6.45, 7) is 3.44. The number of nitrogens with one attached hydrogen (secondary N) is 2. The fourth-order valence-electron chi connectivity index (χ4n) is 1.84. The third-order valence-electron chi connectivity index (χ3n) is 2.57. The first-order chi connectivity index (χ1) is 8.14. The van der Waals surface area contributed by atoms with E-state index in [-0.39, 0.29) is 6.54 Å². The molecular weight excluding hydrogens is 238 g/mol. The van der Waals surface area contributed by atoms with Gasteiger partial charge in [0.05, 0.1) is 11.5 Å². The lowest BCUT2D eigenvalue weighted by molar-refractivity contribution is -0.695. The van der Waals surface area contributed by atoms with E-state index in [1.165, 1.54) is 6.07 Å². The van der Waals surface area contributed by atoms with Gasteiger partial charge in [-0.3, -0.25) is 5.32 Å². The molecule has 0 bridgehead atoms. The lowest BCUT2D eigenvalue weighted by atomic mass is 10.1. The molecule has 1 aliphatic rings. The van der Waals surface area contributed by atoms with Gasteiger partial charge in [-0.15, -0.1) is 4.48 Å². The molecule has 96 valence electrons. The van der Waals surface area contributed by atoms with E-state index < -0.39 is 33.6 Å². The number of carboxylic acids is 1. The van der Waals surface area contributed by atoms with Gasteiger partial charge < -0.3 is 15.6 Å². The van der Waals surface area contributed by atoms with Crippen LogP contribution in [-0.2, 0) is 4.79 Å². The maximum absolute atomic E-state index is 11.9. The second-order valence-corrected chi connectivity index (χ2v) is 4.67. The summed E-state index contributed by atoms with van der Waals surface area (Å²) in [6.07, 6.45) is 0.835. The molecule has 1 unspecified atom stereocenters. The molecule has 1 saturated heterocycles. The molecule has 1 atom stereocenters. The third kappa shape index (κ3) is 2.16. The summed E-state index contributed by atoms with van der Waals surface area (Å²) >= 11 is 0. The molecule has 1 heterocycles. The number of amides is 2. The Hall–Kier alpha value is -2.40. The summed E-state index contributed by atoms with van der Waals surface area (Å²) in [7, 11) is 0. The van der Waals surface area contributed by atoms with Gasteiger partial charge in [0.15, 0.2) is 0 Å². The molecule has 0 aromatic heterocycles. The predicted octanol–water partition coefficient (Wildman–Crippen LogP) is -1.64. The van der Waals surface area contributed by atoms with Crippen LogP contribution < -0.4 is 16.2 Å². The maximum atomic E-state index is 11.9. The molecule has 1 rings (SSSR count). The van der Waals surface area contributed by atoms with Gasteiger partial charge in [-0.05, 0) is 13.8 Å². The van der Waals surface area contributed by atoms with E-state index in [1.54, 1.807) is 13.8 Å². The summed E-state index contributed by atoms with van der Waals surface area (Å²) in [4.78, 5) is 22.6. The van der Waals surface area contributed by atoms with Crippen molar-refractivity contribution in [2.24, 2.45) is 5.73 Å². The molecule has 0 aliphatic carbocycles. The molecule has 1 aliphatic heterocycles. The highest BCUT2D eigenvalue weighted by Gasteiger charge is 2.53. The largest absolute Gasteiger partial charge is 0.544 e. The maximum Gasteiger partial charge on any atom is 0.429 e. The number of aliphatic carboxylic acids is 1. The van der Waals surface area contributed by atoms with Gasteiger partial charge in [0.25, 0.3) is 0 Å². The summed E-state index contributed by atoms with van der Waals surface area (Å²) in [6, 6.07) is 0.756. The highest BCUT2D eigenvalue weighted by atomic mass is 16.4. The number of carbonyl (C=O) groups is 2. The smallest absolute Gasteiger partial charge is 0.429 e. The fraction of sp³-hybridized carbons (Fsp3) is 0.400. The topological polar surface area (TPSA) is 143 Å². The van der Waals surface area contributed by atoms with Crippen LogP contribution in [0.2, 0.25) is 0 Å². The zero-order valence-corrected chi connectivity index (χ0v) is 9.98. The van der Waals surface area contributed by atoms with Gasteiger partial charge in [-0.25, -0.2) is 10.2 Å². The lowest BCUT2D eigenvalue weighted by Gasteiger charge is -2.24. The average molecular weight is 251 g/mol. The Morgan fingerprint density at radius 1 is 1.72 bits per heavy atom. The molecule has 1 fully saturated rings. The molecule has 8 heteroatoms. The number of nitriles is 1. The quantitative estimate of drug-likeness (QED) is 0.177. The molecule has 0 aromatic carbocycles. The Morgan fingerprint density at radius 3 is 2.56 bits per heavy atom. The molecule has 0 aromatic rings. The van der Waals surface area contributed by atoms with Crippen LogP contribution in [0.15, 0.2) is 11.8 Å². The van der Waals surface area contributed by atoms with Crippen molar-refractivity contribution in [3.8, 4) is 6.07 Å². The van der Waals surface area contributed by atoms with E-state index in [0.717, 1.165) is 6.20 Å². The molecule has 2 amide bonds. The predicted molar refractivity (Wildman–Crippen MR) is 58.4 cm³/mol. The fourth-order valence-corrected chi connectivity index (χ4v) is 1.84. The highest BCUT2D eigenvalue weighted by Crippen LogP contribution is 2.24. The molecule has 0 spiro atoms. The average Bonchev–Trinajstić information content (AvgIpc) is 2.45. The van der Waals surface area contributed by atoms with E-state index in [4.69, 9.17) is 16.4 Å². The molecule has 0 saturated carbocycles. The zero-order chi connectivity index (χ0) is 14.1. The van der Waals surface area contributed by atoms with Crippen LogP contribution >= 0.6 is 0 Å². The Labute approximate surface area is 103 Å². The van der Waals surface area contributed by atoms with Crippen LogP contribution in [0, 0.1) is 16.7 Å². The highest BCUT2D eigenvalue weighted by molar-refractivity contribution is 5.91. The van der Waals surface area contributed by atoms with Crippen LogP contribution in [0.25, 0.3) is 0 Å². The number of quaternary nitrogens is 1. The van der Waals surface area contributed by atoms with Crippen LogP contribution in [0.1, 0.15) is 13.8 Å². The number of hydrogen-bond donors (Lipinski definition) is 3. The van der Waals surface area contributed by atoms with E-state index in [9.17, 15) is 14.7 Å². The van der Waals surface area contributed by atoms with Crippen molar-refractivity contribution in [2.45, 2.75) is 19.4 Å². The Balaban J connectivity index is 3.37. The third-order valence-corrected chi connectivity index (χ3v) is 2.57. The van der Waals surface area contributed by atoms with Crippen molar-refractivity contribution in [3.05, 3.63) is 11.8 Å². The minimum absolute atomic E-state index is 0.0413. The summed E-state index contributed by atoms with van der Waals surface area (Å²) in [5, 5.41) is 29.4. The number of carbonyl (C=O) groups excluding carboxylic acids is 2. The van der Waals surface area contributed by atoms with E-state index in [0.29, 0.717) is 0 Å². The number of nitrogens with zero attached hydrogens (tertiary/aromatic N) is 2. The number of carboxylic acid groups (broad SMARTS) is 1.